The van der Waals surface area contributed by atoms with Gasteiger partial charge in [-0.05, 0) is 36.4 Å². The van der Waals surface area contributed by atoms with E-state index in [1.165, 1.54) is 6.07 Å². The minimum atomic E-state index is -0.403. The van der Waals surface area contributed by atoms with Crippen LogP contribution >= 0.6 is 11.6 Å². The Hall–Kier alpha value is -2.07. The van der Waals surface area contributed by atoms with Gasteiger partial charge < -0.3 is 10.7 Å². The van der Waals surface area contributed by atoms with Gasteiger partial charge in [-0.1, -0.05) is 11.6 Å². The van der Waals surface area contributed by atoms with E-state index in [1.807, 2.05) is 0 Å². The number of nitrogens with two attached hydrogens (primary N) is 1. The third-order valence-electron chi connectivity index (χ3n) is 2.69. The highest BCUT2D eigenvalue weighted by Gasteiger charge is 2.10. The maximum Gasteiger partial charge on any atom is 0.141 e. The Bertz CT molecular complexity index is 736. The molecule has 0 aliphatic heterocycles. The van der Waals surface area contributed by atoms with E-state index in [4.69, 9.17) is 17.3 Å². The monoisotopic (exact) mass is 261 g/mol. The first kappa shape index (κ1) is 11.0. The average molecular weight is 262 g/mol. The molecule has 0 bridgehead atoms. The summed E-state index contributed by atoms with van der Waals surface area (Å²) in [6.07, 6.45) is 0. The van der Waals surface area contributed by atoms with E-state index < -0.39 is 5.82 Å². The van der Waals surface area contributed by atoms with Crippen LogP contribution in [0, 0.1) is 5.82 Å². The number of nitrogens with one attached hydrogen (secondary N) is 1. The molecule has 0 saturated heterocycles. The average Bonchev–Trinajstić information content (AvgIpc) is 2.71. The predicted molar refractivity (Wildman–Crippen MR) is 70.9 cm³/mol. The number of imidazole rings is 1. The number of aromatic amines is 1. The first-order valence-corrected chi connectivity index (χ1v) is 5.72. The number of H-pyrrole nitrogens is 1. The smallest absolute Gasteiger partial charge is 0.141 e. The first-order chi connectivity index (χ1) is 8.63. The fourth-order valence-corrected chi connectivity index (χ4v) is 2.00. The molecule has 3 aromatic rings. The summed E-state index contributed by atoms with van der Waals surface area (Å²) < 4.78 is 13.8. The number of nitrogen functional groups attached to an aromatic ring is 1. The lowest BCUT2D eigenvalue weighted by atomic mass is 10.2. The summed E-state index contributed by atoms with van der Waals surface area (Å²) >= 11 is 5.89. The summed E-state index contributed by atoms with van der Waals surface area (Å²) in [5.41, 5.74) is 7.80. The minimum absolute atomic E-state index is 0.385. The zero-order valence-corrected chi connectivity index (χ0v) is 10.0. The predicted octanol–water partition coefficient (Wildman–Crippen LogP) is 3.60. The van der Waals surface area contributed by atoms with Crippen molar-refractivity contribution in [1.82, 2.24) is 9.97 Å². The molecule has 0 saturated carbocycles. The molecule has 90 valence electrons. The number of hydrogen-bond donors (Lipinski definition) is 2. The van der Waals surface area contributed by atoms with E-state index in [0.29, 0.717) is 22.1 Å². The lowest BCUT2D eigenvalue weighted by molar-refractivity contribution is 0.631. The number of rotatable bonds is 1. The van der Waals surface area contributed by atoms with Crippen LogP contribution in [0.15, 0.2) is 36.4 Å². The molecule has 0 amide bonds. The Morgan fingerprint density at radius 3 is 2.78 bits per heavy atom. The Labute approximate surface area is 107 Å². The summed E-state index contributed by atoms with van der Waals surface area (Å²) in [6.45, 7) is 0. The van der Waals surface area contributed by atoms with Crippen LogP contribution in [0.3, 0.4) is 0 Å². The highest BCUT2D eigenvalue weighted by Crippen LogP contribution is 2.25. The van der Waals surface area contributed by atoms with E-state index >= 15 is 0 Å². The largest absolute Gasteiger partial charge is 0.399 e. The fourth-order valence-electron chi connectivity index (χ4n) is 1.83. The molecule has 1 aromatic heterocycles. The highest BCUT2D eigenvalue weighted by molar-refractivity contribution is 6.31. The fraction of sp³-hybridized carbons (Fsp3) is 0. The standard InChI is InChI=1S/C13H9ClFN3/c14-7-1-4-11-12(5-7)18-13(17-11)9-3-2-8(16)6-10(9)15/h1-6H,16H2,(H,17,18). The third-order valence-corrected chi connectivity index (χ3v) is 2.93. The molecule has 0 fully saturated rings. The molecule has 0 unspecified atom stereocenters. The SMILES string of the molecule is Nc1ccc(-c2nc3ccc(Cl)cc3[nH]2)c(F)c1. The Morgan fingerprint density at radius 1 is 1.17 bits per heavy atom. The molecule has 0 spiro atoms. The topological polar surface area (TPSA) is 54.7 Å². The van der Waals surface area contributed by atoms with Gasteiger partial charge in [0.05, 0.1) is 16.6 Å². The highest BCUT2D eigenvalue weighted by atomic mass is 35.5. The van der Waals surface area contributed by atoms with Crippen molar-refractivity contribution in [1.29, 1.82) is 0 Å². The van der Waals surface area contributed by atoms with Crippen LogP contribution in [0.5, 0.6) is 0 Å². The minimum Gasteiger partial charge on any atom is -0.399 e. The van der Waals surface area contributed by atoms with Crippen molar-refractivity contribution in [2.75, 3.05) is 5.73 Å². The van der Waals surface area contributed by atoms with Gasteiger partial charge in [-0.25, -0.2) is 9.37 Å². The Balaban J connectivity index is 2.19. The molecule has 2 aromatic carbocycles. The van der Waals surface area contributed by atoms with E-state index in [1.54, 1.807) is 30.3 Å². The first-order valence-electron chi connectivity index (χ1n) is 5.34. The van der Waals surface area contributed by atoms with Gasteiger partial charge in [-0.15, -0.1) is 0 Å². The van der Waals surface area contributed by atoms with Crippen LogP contribution in [0.25, 0.3) is 22.4 Å². The van der Waals surface area contributed by atoms with Crippen molar-refractivity contribution >= 4 is 28.3 Å². The molecule has 0 aliphatic rings. The number of anilines is 1. The van der Waals surface area contributed by atoms with Gasteiger partial charge in [-0.2, -0.15) is 0 Å². The van der Waals surface area contributed by atoms with Gasteiger partial charge in [0, 0.05) is 10.7 Å². The second kappa shape index (κ2) is 3.99. The van der Waals surface area contributed by atoms with Gasteiger partial charge in [0.15, 0.2) is 0 Å². The summed E-state index contributed by atoms with van der Waals surface area (Å²) in [5.74, 6) is 0.0601. The summed E-state index contributed by atoms with van der Waals surface area (Å²) in [4.78, 5) is 7.36. The molecule has 3 N–H and O–H groups in total. The van der Waals surface area contributed by atoms with Gasteiger partial charge in [0.1, 0.15) is 11.6 Å². The van der Waals surface area contributed by atoms with Crippen LogP contribution in [-0.2, 0) is 0 Å². The van der Waals surface area contributed by atoms with E-state index in [0.717, 1.165) is 11.0 Å². The summed E-state index contributed by atoms with van der Waals surface area (Å²) in [7, 11) is 0. The molecule has 1 heterocycles. The molecule has 0 radical (unpaired) electrons. The molecule has 3 nitrogen and oxygen atoms in total. The van der Waals surface area contributed by atoms with Crippen LogP contribution in [-0.4, -0.2) is 9.97 Å². The maximum absolute atomic E-state index is 13.8. The van der Waals surface area contributed by atoms with Crippen molar-refractivity contribution < 1.29 is 4.39 Å². The van der Waals surface area contributed by atoms with Crippen molar-refractivity contribution in [3.8, 4) is 11.4 Å². The molecule has 5 heteroatoms. The molecule has 0 aliphatic carbocycles. The Kier molecular flexibility index (Phi) is 2.45. The van der Waals surface area contributed by atoms with Crippen molar-refractivity contribution in [2.45, 2.75) is 0 Å². The van der Waals surface area contributed by atoms with Crippen LogP contribution in [0.2, 0.25) is 5.02 Å². The molecule has 0 atom stereocenters. The summed E-state index contributed by atoms with van der Waals surface area (Å²) in [5, 5.41) is 0.607. The second-order valence-electron chi connectivity index (χ2n) is 3.99. The van der Waals surface area contributed by atoms with Gasteiger partial charge in [0.2, 0.25) is 0 Å². The van der Waals surface area contributed by atoms with Crippen molar-refractivity contribution in [3.05, 3.63) is 47.2 Å². The van der Waals surface area contributed by atoms with E-state index in [2.05, 4.69) is 9.97 Å². The molecular formula is C13H9ClFN3. The zero-order valence-electron chi connectivity index (χ0n) is 9.24. The number of aromatic nitrogens is 2. The lowest BCUT2D eigenvalue weighted by Crippen LogP contribution is -1.90. The number of fused-ring (bicyclic) bond motifs is 1. The third kappa shape index (κ3) is 1.80. The van der Waals surface area contributed by atoms with Gasteiger partial charge in [0.25, 0.3) is 0 Å². The molecular weight excluding hydrogens is 253 g/mol. The Morgan fingerprint density at radius 2 is 2.00 bits per heavy atom. The molecule has 18 heavy (non-hydrogen) atoms. The van der Waals surface area contributed by atoms with Gasteiger partial charge >= 0.3 is 0 Å². The number of nitrogens with zero attached hydrogens (tertiary/aromatic N) is 1. The van der Waals surface area contributed by atoms with Crippen molar-refractivity contribution in [2.24, 2.45) is 0 Å². The quantitative estimate of drug-likeness (QED) is 0.658. The van der Waals surface area contributed by atoms with Crippen LogP contribution in [0.1, 0.15) is 0 Å². The normalized spacial score (nSPS) is 11.0. The zero-order chi connectivity index (χ0) is 12.7. The molecule has 3 rings (SSSR count). The lowest BCUT2D eigenvalue weighted by Gasteiger charge is -1.99. The van der Waals surface area contributed by atoms with Gasteiger partial charge in [-0.3, -0.25) is 0 Å². The maximum atomic E-state index is 13.8. The van der Waals surface area contributed by atoms with E-state index in [-0.39, 0.29) is 0 Å². The number of halogens is 2. The van der Waals surface area contributed by atoms with Crippen LogP contribution in [0.4, 0.5) is 10.1 Å². The van der Waals surface area contributed by atoms with Crippen molar-refractivity contribution in [3.63, 3.8) is 0 Å². The van der Waals surface area contributed by atoms with Crippen LogP contribution < -0.4 is 5.73 Å². The van der Waals surface area contributed by atoms with E-state index in [9.17, 15) is 4.39 Å². The summed E-state index contributed by atoms with van der Waals surface area (Å²) in [6, 6.07) is 9.79. The number of benzene rings is 2. The number of hydrogen-bond acceptors (Lipinski definition) is 2. The second-order valence-corrected chi connectivity index (χ2v) is 4.42.